The van der Waals surface area contributed by atoms with Crippen LogP contribution in [0.5, 0.6) is 0 Å². The molecule has 0 N–H and O–H groups in total. The Bertz CT molecular complexity index is 468. The van der Waals surface area contributed by atoms with Crippen molar-refractivity contribution in [3.8, 4) is 0 Å². The molecule has 2 rings (SSSR count). The summed E-state index contributed by atoms with van der Waals surface area (Å²) in [5, 5.41) is 0. The van der Waals surface area contributed by atoms with Gasteiger partial charge in [-0.1, -0.05) is 18.2 Å². The van der Waals surface area contributed by atoms with Gasteiger partial charge in [0.2, 0.25) is 9.05 Å². The molecule has 1 aromatic carbocycles. The van der Waals surface area contributed by atoms with Crippen molar-refractivity contribution in [3.05, 3.63) is 29.3 Å². The predicted octanol–water partition coefficient (Wildman–Crippen LogP) is 2.45. The lowest BCUT2D eigenvalue weighted by Crippen LogP contribution is -2.02. The van der Waals surface area contributed by atoms with Gasteiger partial charge in [0.05, 0.1) is 5.75 Å². The van der Waals surface area contributed by atoms with Gasteiger partial charge in [0, 0.05) is 21.3 Å². The zero-order valence-corrected chi connectivity index (χ0v) is 10.5. The van der Waals surface area contributed by atoms with E-state index in [-0.39, 0.29) is 5.75 Å². The zero-order chi connectivity index (χ0) is 10.9. The largest absolute Gasteiger partial charge is 0.232 e. The van der Waals surface area contributed by atoms with Crippen molar-refractivity contribution in [1.29, 1.82) is 0 Å². The van der Waals surface area contributed by atoms with Gasteiger partial charge in [-0.15, -0.1) is 11.8 Å². The fourth-order valence-electron chi connectivity index (χ4n) is 1.71. The maximum absolute atomic E-state index is 10.9. The molecule has 0 radical (unpaired) electrons. The Kier molecular flexibility index (Phi) is 3.28. The van der Waals surface area contributed by atoms with Gasteiger partial charge in [0.1, 0.15) is 0 Å². The lowest BCUT2D eigenvalue weighted by Gasteiger charge is -2.05. The van der Waals surface area contributed by atoms with Crippen LogP contribution < -0.4 is 0 Å². The van der Waals surface area contributed by atoms with E-state index in [9.17, 15) is 8.42 Å². The Morgan fingerprint density at radius 1 is 1.40 bits per heavy atom. The van der Waals surface area contributed by atoms with Crippen molar-refractivity contribution < 1.29 is 8.42 Å². The first-order valence-electron chi connectivity index (χ1n) is 4.72. The minimum absolute atomic E-state index is 0.0194. The lowest BCUT2D eigenvalue weighted by molar-refractivity contribution is 0.608. The second-order valence-electron chi connectivity index (χ2n) is 3.50. The quantitative estimate of drug-likeness (QED) is 0.785. The maximum Gasteiger partial charge on any atom is 0.232 e. The highest BCUT2D eigenvalue weighted by Gasteiger charge is 2.16. The summed E-state index contributed by atoms with van der Waals surface area (Å²) in [6.07, 6.45) is 1.60. The average molecular weight is 263 g/mol. The molecular formula is C10H11ClO2S2. The molecule has 2 nitrogen and oxygen atoms in total. The van der Waals surface area contributed by atoms with E-state index in [1.54, 1.807) is 0 Å². The Morgan fingerprint density at radius 2 is 2.20 bits per heavy atom. The third kappa shape index (κ3) is 2.89. The highest BCUT2D eigenvalue weighted by molar-refractivity contribution is 8.13. The SMILES string of the molecule is O=S(=O)(Cl)CCc1cccc2c1SCC2. The standard InChI is InChI=1S/C10H11ClO2S2/c11-15(12,13)7-5-9-3-1-2-8-4-6-14-10(8)9/h1-3H,4-7H2. The number of fused-ring (bicyclic) bond motifs is 1. The number of halogens is 1. The highest BCUT2D eigenvalue weighted by atomic mass is 35.7. The van der Waals surface area contributed by atoms with Crippen LogP contribution in [-0.4, -0.2) is 19.9 Å². The zero-order valence-electron chi connectivity index (χ0n) is 8.07. The number of hydrogen-bond acceptors (Lipinski definition) is 3. The number of hydrogen-bond donors (Lipinski definition) is 0. The van der Waals surface area contributed by atoms with Gasteiger partial charge in [0.15, 0.2) is 0 Å². The van der Waals surface area contributed by atoms with Gasteiger partial charge in [-0.05, 0) is 24.0 Å². The Morgan fingerprint density at radius 3 is 2.93 bits per heavy atom. The first kappa shape index (κ1) is 11.3. The molecule has 0 aromatic heterocycles. The van der Waals surface area contributed by atoms with E-state index in [1.165, 1.54) is 10.5 Å². The minimum Gasteiger partial charge on any atom is -0.212 e. The molecule has 0 aliphatic carbocycles. The van der Waals surface area contributed by atoms with Crippen LogP contribution in [0.3, 0.4) is 0 Å². The normalized spacial score (nSPS) is 15.3. The summed E-state index contributed by atoms with van der Waals surface area (Å²) in [5.41, 5.74) is 2.45. The van der Waals surface area contributed by atoms with Crippen molar-refractivity contribution in [2.75, 3.05) is 11.5 Å². The van der Waals surface area contributed by atoms with E-state index >= 15 is 0 Å². The van der Waals surface area contributed by atoms with Crippen molar-refractivity contribution in [2.45, 2.75) is 17.7 Å². The van der Waals surface area contributed by atoms with Crippen LogP contribution in [0.4, 0.5) is 0 Å². The molecule has 0 spiro atoms. The third-order valence-corrected chi connectivity index (χ3v) is 4.79. The van der Waals surface area contributed by atoms with E-state index in [4.69, 9.17) is 10.7 Å². The molecule has 1 aromatic rings. The van der Waals surface area contributed by atoms with Crippen LogP contribution in [0.2, 0.25) is 0 Å². The summed E-state index contributed by atoms with van der Waals surface area (Å²) >= 11 is 1.81. The van der Waals surface area contributed by atoms with Gasteiger partial charge in [-0.3, -0.25) is 0 Å². The monoisotopic (exact) mass is 262 g/mol. The third-order valence-electron chi connectivity index (χ3n) is 2.41. The van der Waals surface area contributed by atoms with Crippen LogP contribution in [0.25, 0.3) is 0 Å². The van der Waals surface area contributed by atoms with E-state index < -0.39 is 9.05 Å². The van der Waals surface area contributed by atoms with E-state index in [2.05, 4.69) is 6.07 Å². The summed E-state index contributed by atoms with van der Waals surface area (Å²) in [6.45, 7) is 0. The summed E-state index contributed by atoms with van der Waals surface area (Å²) in [5.74, 6) is 1.12. The van der Waals surface area contributed by atoms with Crippen molar-refractivity contribution >= 4 is 31.5 Å². The van der Waals surface area contributed by atoms with E-state index in [0.717, 1.165) is 17.7 Å². The van der Waals surface area contributed by atoms with Crippen LogP contribution >= 0.6 is 22.4 Å². The Labute approximate surface area is 98.4 Å². The van der Waals surface area contributed by atoms with Gasteiger partial charge >= 0.3 is 0 Å². The fraction of sp³-hybridized carbons (Fsp3) is 0.400. The van der Waals surface area contributed by atoms with Crippen molar-refractivity contribution in [1.82, 2.24) is 0 Å². The van der Waals surface area contributed by atoms with Gasteiger partial charge in [0.25, 0.3) is 0 Å². The van der Waals surface area contributed by atoms with Crippen LogP contribution in [0.1, 0.15) is 11.1 Å². The topological polar surface area (TPSA) is 34.1 Å². The molecule has 0 saturated carbocycles. The summed E-state index contributed by atoms with van der Waals surface area (Å²) in [4.78, 5) is 1.26. The second kappa shape index (κ2) is 4.36. The summed E-state index contributed by atoms with van der Waals surface area (Å²) in [7, 11) is 1.82. The molecule has 0 atom stereocenters. The molecule has 0 amide bonds. The molecule has 0 unspecified atom stereocenters. The highest BCUT2D eigenvalue weighted by Crippen LogP contribution is 2.34. The molecule has 0 fully saturated rings. The first-order chi connectivity index (χ1) is 7.06. The predicted molar refractivity (Wildman–Crippen MR) is 64.2 cm³/mol. The molecule has 1 aliphatic rings. The summed E-state index contributed by atoms with van der Waals surface area (Å²) in [6, 6.07) is 6.08. The Balaban J connectivity index is 2.19. The van der Waals surface area contributed by atoms with Crippen LogP contribution in [-0.2, 0) is 21.9 Å². The smallest absolute Gasteiger partial charge is 0.212 e. The molecular weight excluding hydrogens is 252 g/mol. The molecule has 0 saturated heterocycles. The Hall–Kier alpha value is -0.190. The van der Waals surface area contributed by atoms with Crippen LogP contribution in [0, 0.1) is 0 Å². The number of rotatable bonds is 3. The van der Waals surface area contributed by atoms with Gasteiger partial charge < -0.3 is 0 Å². The second-order valence-corrected chi connectivity index (χ2v) is 7.50. The minimum atomic E-state index is -3.38. The molecule has 1 aliphatic heterocycles. The molecule has 1 heterocycles. The van der Waals surface area contributed by atoms with Crippen molar-refractivity contribution in [3.63, 3.8) is 0 Å². The molecule has 0 bridgehead atoms. The van der Waals surface area contributed by atoms with Gasteiger partial charge in [-0.2, -0.15) is 0 Å². The number of benzene rings is 1. The first-order valence-corrected chi connectivity index (χ1v) is 8.18. The maximum atomic E-state index is 10.9. The lowest BCUT2D eigenvalue weighted by atomic mass is 10.1. The average Bonchev–Trinajstić information content (AvgIpc) is 2.61. The van der Waals surface area contributed by atoms with Gasteiger partial charge in [-0.25, -0.2) is 8.42 Å². The van der Waals surface area contributed by atoms with Crippen LogP contribution in [0.15, 0.2) is 23.1 Å². The summed E-state index contributed by atoms with van der Waals surface area (Å²) < 4.78 is 21.7. The molecule has 82 valence electrons. The van der Waals surface area contributed by atoms with E-state index in [1.807, 2.05) is 23.9 Å². The number of thioether (sulfide) groups is 1. The van der Waals surface area contributed by atoms with Crippen molar-refractivity contribution in [2.24, 2.45) is 0 Å². The number of aryl methyl sites for hydroxylation is 2. The molecule has 5 heteroatoms. The molecule has 15 heavy (non-hydrogen) atoms. The fourth-order valence-corrected chi connectivity index (χ4v) is 3.64. The van der Waals surface area contributed by atoms with E-state index in [0.29, 0.717) is 6.42 Å².